The zero-order chi connectivity index (χ0) is 31.7. The maximum atomic E-state index is 13.4. The number of aliphatic imine (C=N–C) groups is 1. The first-order valence-electron chi connectivity index (χ1n) is 14.8. The van der Waals surface area contributed by atoms with E-state index < -0.39 is 5.92 Å². The Balaban J connectivity index is -0.000000704. The van der Waals surface area contributed by atoms with E-state index >= 15 is 0 Å². The zero-order valence-electron chi connectivity index (χ0n) is 26.3. The molecular weight excluding hydrogens is 556 g/mol. The summed E-state index contributed by atoms with van der Waals surface area (Å²) in [5.74, 6) is -1.56. The molecule has 0 bridgehead atoms. The van der Waals surface area contributed by atoms with Crippen molar-refractivity contribution in [2.24, 2.45) is 23.7 Å². The smallest absolute Gasteiger partial charge is 0.249 e. The van der Waals surface area contributed by atoms with Crippen molar-refractivity contribution in [3.05, 3.63) is 41.7 Å². The van der Waals surface area contributed by atoms with E-state index in [4.69, 9.17) is 9.90 Å². The molecule has 42 heavy (non-hydrogen) atoms. The molecule has 3 aliphatic rings. The highest BCUT2D eigenvalue weighted by molar-refractivity contribution is 8.03. The van der Waals surface area contributed by atoms with Gasteiger partial charge in [0.15, 0.2) is 0 Å². The van der Waals surface area contributed by atoms with E-state index in [-0.39, 0.29) is 31.9 Å². The van der Waals surface area contributed by atoms with Crippen LogP contribution >= 0.6 is 11.8 Å². The summed E-state index contributed by atoms with van der Waals surface area (Å²) in [6.07, 6.45) is 15.2. The van der Waals surface area contributed by atoms with Crippen LogP contribution in [0.4, 0.5) is 8.78 Å². The van der Waals surface area contributed by atoms with Gasteiger partial charge in [-0.05, 0) is 50.4 Å². The number of carbonyl (C=O) groups is 1. The summed E-state index contributed by atoms with van der Waals surface area (Å²) >= 11 is 1.65. The summed E-state index contributed by atoms with van der Waals surface area (Å²) in [6, 6.07) is 0. The number of primary amides is 1. The Bertz CT molecular complexity index is 830. The highest BCUT2D eigenvalue weighted by atomic mass is 32.2. The van der Waals surface area contributed by atoms with Crippen LogP contribution in [0.25, 0.3) is 0 Å². The van der Waals surface area contributed by atoms with E-state index in [1.165, 1.54) is 49.0 Å². The number of aryl methyl sites for hydroxylation is 2. The minimum Gasteiger partial charge on any atom is -0.400 e. The lowest BCUT2D eigenvalue weighted by atomic mass is 9.87. The lowest BCUT2D eigenvalue weighted by Gasteiger charge is -2.31. The molecule has 0 radical (unpaired) electrons. The molecule has 2 fully saturated rings. The van der Waals surface area contributed by atoms with Gasteiger partial charge in [0.25, 0.3) is 0 Å². The first-order valence-corrected chi connectivity index (χ1v) is 15.7. The third-order valence-corrected chi connectivity index (χ3v) is 8.41. The average Bonchev–Trinajstić information content (AvgIpc) is 3.60. The number of halogens is 2. The first kappa shape index (κ1) is 44.4. The summed E-state index contributed by atoms with van der Waals surface area (Å²) in [6.45, 7) is 18.9. The number of nitrogens with zero attached hydrogens (tertiary/aromatic N) is 4. The van der Waals surface area contributed by atoms with Gasteiger partial charge in [0.05, 0.1) is 11.9 Å². The molecule has 246 valence electrons. The van der Waals surface area contributed by atoms with Crippen molar-refractivity contribution in [1.82, 2.24) is 14.7 Å². The molecule has 4 rings (SSSR count). The van der Waals surface area contributed by atoms with Crippen LogP contribution in [0.15, 0.2) is 41.1 Å². The van der Waals surface area contributed by atoms with E-state index in [1.54, 1.807) is 11.8 Å². The molecule has 7 nitrogen and oxygen atoms in total. The van der Waals surface area contributed by atoms with E-state index in [2.05, 4.69) is 47.5 Å². The van der Waals surface area contributed by atoms with Crippen LogP contribution in [0.1, 0.15) is 98.0 Å². The summed E-state index contributed by atoms with van der Waals surface area (Å²) < 4.78 is 28.6. The number of hydrogen-bond donors (Lipinski definition) is 2. The standard InChI is InChI=1S/C19H30F2N2S.C6H10N2.C2H6.C2H4.CH3NO.CH4O.CH4/c1-22-17-14-23(11-8-15-5-3-2-4-6-15)12-9-18(17)24-16-7-10-19(20,21)13-16;1-3-6-4-7-8(2)5-6;2*1-2;2-1-3;1-2;/h15-16H,1-14H2;4-5H,3H2,1-2H3;1-2H3;1-2H2;1H,(H2,2,3);2H,1H3;1H4. The van der Waals surface area contributed by atoms with Gasteiger partial charge in [-0.25, -0.2) is 8.78 Å². The normalized spacial score (nSPS) is 19.2. The van der Waals surface area contributed by atoms with Crippen LogP contribution < -0.4 is 5.73 Å². The molecule has 1 aromatic rings. The molecule has 1 aliphatic heterocycles. The Kier molecular flexibility index (Phi) is 29.4. The molecule has 2 aliphatic carbocycles. The Morgan fingerprint density at radius 3 is 2.24 bits per heavy atom. The van der Waals surface area contributed by atoms with Crippen LogP contribution in [-0.2, 0) is 18.3 Å². The lowest BCUT2D eigenvalue weighted by Crippen LogP contribution is -2.33. The number of aliphatic hydroxyl groups is 1. The molecule has 1 atom stereocenters. The predicted molar refractivity (Wildman–Crippen MR) is 179 cm³/mol. The molecule has 0 aromatic carbocycles. The molecule has 1 unspecified atom stereocenters. The van der Waals surface area contributed by atoms with Gasteiger partial charge in [-0.3, -0.25) is 19.4 Å². The van der Waals surface area contributed by atoms with Gasteiger partial charge in [0.2, 0.25) is 12.3 Å². The second-order valence-corrected chi connectivity index (χ2v) is 11.1. The second kappa shape index (κ2) is 27.8. The molecule has 1 amide bonds. The van der Waals surface area contributed by atoms with E-state index in [9.17, 15) is 8.78 Å². The lowest BCUT2D eigenvalue weighted by molar-refractivity contribution is -0.106. The Morgan fingerprint density at radius 2 is 1.81 bits per heavy atom. The largest absolute Gasteiger partial charge is 0.400 e. The summed E-state index contributed by atoms with van der Waals surface area (Å²) in [7, 11) is 2.93. The number of nitrogens with two attached hydrogens (primary N) is 1. The fourth-order valence-electron chi connectivity index (χ4n) is 4.95. The van der Waals surface area contributed by atoms with Crippen molar-refractivity contribution in [3.63, 3.8) is 0 Å². The number of alkyl halides is 2. The van der Waals surface area contributed by atoms with Crippen molar-refractivity contribution < 1.29 is 18.7 Å². The Labute approximate surface area is 260 Å². The van der Waals surface area contributed by atoms with Gasteiger partial charge >= 0.3 is 0 Å². The third kappa shape index (κ3) is 19.2. The molecule has 0 saturated heterocycles. The summed E-state index contributed by atoms with van der Waals surface area (Å²) in [5.41, 5.74) is 6.50. The van der Waals surface area contributed by atoms with Crippen molar-refractivity contribution in [3.8, 4) is 0 Å². The number of hydrogen-bond acceptors (Lipinski definition) is 6. The number of thioether (sulfide) groups is 1. The Morgan fingerprint density at radius 1 is 1.21 bits per heavy atom. The molecular formula is C32H61F2N5O2S. The fourth-order valence-corrected chi connectivity index (χ4v) is 6.39. The van der Waals surface area contributed by atoms with Gasteiger partial charge in [-0.1, -0.05) is 60.3 Å². The predicted octanol–water partition coefficient (Wildman–Crippen LogP) is 7.65. The zero-order valence-corrected chi connectivity index (χ0v) is 27.1. The number of aliphatic hydroxyl groups excluding tert-OH is 1. The molecule has 3 N–H and O–H groups in total. The van der Waals surface area contributed by atoms with E-state index in [0.29, 0.717) is 6.42 Å². The maximum absolute atomic E-state index is 13.4. The van der Waals surface area contributed by atoms with Crippen LogP contribution in [0.5, 0.6) is 0 Å². The average molecular weight is 618 g/mol. The van der Waals surface area contributed by atoms with E-state index in [1.807, 2.05) is 38.0 Å². The van der Waals surface area contributed by atoms with Gasteiger partial charge in [0, 0.05) is 56.4 Å². The van der Waals surface area contributed by atoms with Crippen molar-refractivity contribution >= 4 is 24.9 Å². The molecule has 2 heterocycles. The third-order valence-electron chi connectivity index (χ3n) is 6.95. The van der Waals surface area contributed by atoms with Gasteiger partial charge in [-0.15, -0.1) is 24.9 Å². The number of aromatic nitrogens is 2. The highest BCUT2D eigenvalue weighted by Gasteiger charge is 2.40. The van der Waals surface area contributed by atoms with E-state index in [0.717, 1.165) is 51.2 Å². The minimum atomic E-state index is -2.46. The van der Waals surface area contributed by atoms with Gasteiger partial charge in [-0.2, -0.15) is 5.10 Å². The van der Waals surface area contributed by atoms with Crippen molar-refractivity contribution in [2.45, 2.75) is 110 Å². The molecule has 2 saturated carbocycles. The van der Waals surface area contributed by atoms with Gasteiger partial charge < -0.3 is 10.8 Å². The topological polar surface area (TPSA) is 96.7 Å². The molecule has 1 aromatic heterocycles. The SMILES string of the molecule is C.C=C.C=NC1=C(SC2CCC(F)(F)C2)CCN(CCC2CCCCC2)C1.CC.CCc1cnn(C)c1.CO.NC=O. The number of carbonyl (C=O) groups excluding carboxylic acids is 1. The monoisotopic (exact) mass is 617 g/mol. The quantitative estimate of drug-likeness (QED) is 0.186. The van der Waals surface area contributed by atoms with Crippen LogP contribution in [0.2, 0.25) is 0 Å². The minimum absolute atomic E-state index is 0. The summed E-state index contributed by atoms with van der Waals surface area (Å²) in [5, 5.41) is 11.1. The second-order valence-electron chi connectivity index (χ2n) is 9.70. The van der Waals surface area contributed by atoms with Crippen LogP contribution in [-0.4, -0.2) is 70.8 Å². The van der Waals surface area contributed by atoms with Crippen molar-refractivity contribution in [1.29, 1.82) is 0 Å². The maximum Gasteiger partial charge on any atom is 0.249 e. The fraction of sp³-hybridized carbons (Fsp3) is 0.719. The van der Waals surface area contributed by atoms with Crippen molar-refractivity contribution in [2.75, 3.05) is 26.7 Å². The first-order chi connectivity index (χ1) is 19.8. The summed E-state index contributed by atoms with van der Waals surface area (Å²) in [4.78, 5) is 16.5. The molecule has 0 spiro atoms. The Hall–Kier alpha value is -2.04. The molecule has 10 heteroatoms. The van der Waals surface area contributed by atoms with Gasteiger partial charge in [0.1, 0.15) is 0 Å². The number of amides is 1. The number of rotatable bonds is 7. The van der Waals surface area contributed by atoms with Crippen LogP contribution in [0, 0.1) is 5.92 Å². The van der Waals surface area contributed by atoms with Crippen LogP contribution in [0.3, 0.4) is 0 Å². The highest BCUT2D eigenvalue weighted by Crippen LogP contribution is 2.45.